The van der Waals surface area contributed by atoms with Crippen LogP contribution in [0, 0.1) is 0 Å². The number of anilines is 2. The van der Waals surface area contributed by atoms with Gasteiger partial charge < -0.3 is 20.0 Å². The number of rotatable bonds is 5. The molecule has 0 aliphatic heterocycles. The molecule has 4 aromatic rings. The first kappa shape index (κ1) is 18.7. The summed E-state index contributed by atoms with van der Waals surface area (Å²) in [6.07, 6.45) is 0. The molecule has 4 rings (SSSR count). The highest BCUT2D eigenvalue weighted by molar-refractivity contribution is 5.97. The monoisotopic (exact) mass is 386 g/mol. The van der Waals surface area contributed by atoms with Gasteiger partial charge in [0.15, 0.2) is 5.58 Å². The van der Waals surface area contributed by atoms with Gasteiger partial charge in [0.05, 0.1) is 11.0 Å². The highest BCUT2D eigenvalue weighted by atomic mass is 35.5. The van der Waals surface area contributed by atoms with E-state index in [9.17, 15) is 4.79 Å². The van der Waals surface area contributed by atoms with Crippen molar-refractivity contribution in [3.63, 3.8) is 0 Å². The second-order valence-corrected chi connectivity index (χ2v) is 5.85. The van der Waals surface area contributed by atoms with Gasteiger partial charge in [0.2, 0.25) is 5.95 Å². The molecule has 1 amide bonds. The fourth-order valence-corrected chi connectivity index (χ4v) is 2.76. The average Bonchev–Trinajstić information content (AvgIpc) is 3.20. The molecule has 140 valence electrons. The van der Waals surface area contributed by atoms with Crippen LogP contribution in [0.25, 0.3) is 22.1 Å². The van der Waals surface area contributed by atoms with Crippen LogP contribution in [0.15, 0.2) is 46.9 Å². The lowest BCUT2D eigenvalue weighted by Gasteiger charge is -2.03. The summed E-state index contributed by atoms with van der Waals surface area (Å²) < 4.78 is 7.56. The molecule has 2 aromatic carbocycles. The predicted molar refractivity (Wildman–Crippen MR) is 107 cm³/mol. The largest absolute Gasteiger partial charge is 0.423 e. The van der Waals surface area contributed by atoms with Crippen molar-refractivity contribution in [3.05, 3.63) is 48.0 Å². The Morgan fingerprint density at radius 3 is 2.78 bits per heavy atom. The van der Waals surface area contributed by atoms with Gasteiger partial charge in [0.1, 0.15) is 5.52 Å². The van der Waals surface area contributed by atoms with Gasteiger partial charge in [-0.15, -0.1) is 12.4 Å². The van der Waals surface area contributed by atoms with Gasteiger partial charge in [0, 0.05) is 25.7 Å². The first-order valence-corrected chi connectivity index (χ1v) is 8.23. The van der Waals surface area contributed by atoms with Crippen molar-refractivity contribution < 1.29 is 9.21 Å². The fourth-order valence-electron chi connectivity index (χ4n) is 2.76. The maximum atomic E-state index is 12.1. The van der Waals surface area contributed by atoms with E-state index in [-0.39, 0.29) is 18.3 Å². The van der Waals surface area contributed by atoms with E-state index in [0.29, 0.717) is 41.7 Å². The molecule has 0 unspecified atom stereocenters. The van der Waals surface area contributed by atoms with Crippen LogP contribution >= 0.6 is 12.4 Å². The van der Waals surface area contributed by atoms with Gasteiger partial charge in [-0.05, 0) is 30.3 Å². The molecule has 0 saturated heterocycles. The molecule has 0 fully saturated rings. The second kappa shape index (κ2) is 7.65. The van der Waals surface area contributed by atoms with Crippen LogP contribution in [-0.4, -0.2) is 33.5 Å². The number of aromatic nitrogens is 3. The molecular weight excluding hydrogens is 368 g/mol. The van der Waals surface area contributed by atoms with E-state index in [2.05, 4.69) is 20.6 Å². The van der Waals surface area contributed by atoms with Crippen molar-refractivity contribution in [1.82, 2.24) is 19.9 Å². The average molecular weight is 387 g/mol. The molecule has 0 aliphatic carbocycles. The van der Waals surface area contributed by atoms with E-state index in [1.807, 2.05) is 41.9 Å². The third-order valence-corrected chi connectivity index (χ3v) is 4.09. The Labute approximate surface area is 161 Å². The van der Waals surface area contributed by atoms with Crippen LogP contribution in [-0.2, 0) is 7.05 Å². The molecule has 0 bridgehead atoms. The number of imidazole rings is 1. The van der Waals surface area contributed by atoms with Crippen LogP contribution in [0.4, 0.5) is 12.0 Å². The number of fused-ring (bicyclic) bond motifs is 2. The third kappa shape index (κ3) is 3.57. The number of benzene rings is 2. The van der Waals surface area contributed by atoms with Gasteiger partial charge in [-0.3, -0.25) is 10.1 Å². The minimum atomic E-state index is -0.170. The quantitative estimate of drug-likeness (QED) is 0.486. The van der Waals surface area contributed by atoms with Crippen LogP contribution in [0.1, 0.15) is 10.4 Å². The SMILES string of the molecule is Cl.Cn1c(Nc2nc3ccccc3o2)nc2cc(C(=O)NCCN)ccc21. The van der Waals surface area contributed by atoms with Gasteiger partial charge in [0.25, 0.3) is 5.91 Å². The Morgan fingerprint density at radius 1 is 1.19 bits per heavy atom. The van der Waals surface area contributed by atoms with Crippen molar-refractivity contribution in [3.8, 4) is 0 Å². The smallest absolute Gasteiger partial charge is 0.302 e. The van der Waals surface area contributed by atoms with Crippen molar-refractivity contribution >= 4 is 52.4 Å². The number of nitrogens with one attached hydrogen (secondary N) is 2. The molecule has 8 nitrogen and oxygen atoms in total. The summed E-state index contributed by atoms with van der Waals surface area (Å²) in [6.45, 7) is 0.833. The van der Waals surface area contributed by atoms with Crippen LogP contribution in [0.5, 0.6) is 0 Å². The minimum Gasteiger partial charge on any atom is -0.423 e. The zero-order valence-corrected chi connectivity index (χ0v) is 15.4. The highest BCUT2D eigenvalue weighted by Crippen LogP contribution is 2.24. The van der Waals surface area contributed by atoms with Gasteiger partial charge in [-0.2, -0.15) is 4.98 Å². The summed E-state index contributed by atoms with van der Waals surface area (Å²) in [4.78, 5) is 21.0. The van der Waals surface area contributed by atoms with E-state index < -0.39 is 0 Å². The number of oxazole rings is 1. The summed E-state index contributed by atoms with van der Waals surface area (Å²) in [6, 6.07) is 13.3. The molecule has 0 radical (unpaired) electrons. The van der Waals surface area contributed by atoms with Crippen LogP contribution < -0.4 is 16.4 Å². The number of nitrogens with zero attached hydrogens (tertiary/aromatic N) is 3. The number of carbonyl (C=O) groups is 1. The van der Waals surface area contributed by atoms with E-state index in [1.165, 1.54) is 0 Å². The number of aryl methyl sites for hydroxylation is 1. The number of nitrogens with two attached hydrogens (primary N) is 1. The molecule has 2 heterocycles. The minimum absolute atomic E-state index is 0. The first-order valence-electron chi connectivity index (χ1n) is 8.23. The van der Waals surface area contributed by atoms with Gasteiger partial charge >= 0.3 is 6.01 Å². The highest BCUT2D eigenvalue weighted by Gasteiger charge is 2.13. The molecule has 4 N–H and O–H groups in total. The van der Waals surface area contributed by atoms with Crippen molar-refractivity contribution in [2.75, 3.05) is 18.4 Å². The molecule has 27 heavy (non-hydrogen) atoms. The van der Waals surface area contributed by atoms with Crippen molar-refractivity contribution in [1.29, 1.82) is 0 Å². The lowest BCUT2D eigenvalue weighted by molar-refractivity contribution is 0.0955. The zero-order valence-electron chi connectivity index (χ0n) is 14.6. The van der Waals surface area contributed by atoms with Crippen LogP contribution in [0.2, 0.25) is 0 Å². The summed E-state index contributed by atoms with van der Waals surface area (Å²) in [7, 11) is 1.88. The van der Waals surface area contributed by atoms with Crippen molar-refractivity contribution in [2.45, 2.75) is 0 Å². The zero-order chi connectivity index (χ0) is 18.1. The number of amides is 1. The summed E-state index contributed by atoms with van der Waals surface area (Å²) in [5, 5.41) is 5.84. The number of carbonyl (C=O) groups excluding carboxylic acids is 1. The Balaban J connectivity index is 0.00000210. The van der Waals surface area contributed by atoms with Gasteiger partial charge in [-0.25, -0.2) is 4.98 Å². The summed E-state index contributed by atoms with van der Waals surface area (Å²) in [5.74, 6) is 0.405. The number of para-hydroxylation sites is 2. The molecule has 0 aliphatic rings. The number of hydrogen-bond donors (Lipinski definition) is 3. The predicted octanol–water partition coefficient (Wildman–Crippen LogP) is 2.57. The molecule has 9 heteroatoms. The van der Waals surface area contributed by atoms with E-state index >= 15 is 0 Å². The molecule has 0 spiro atoms. The van der Waals surface area contributed by atoms with Crippen LogP contribution in [0.3, 0.4) is 0 Å². The topological polar surface area (TPSA) is 111 Å². The maximum absolute atomic E-state index is 12.1. The number of hydrogen-bond acceptors (Lipinski definition) is 6. The van der Waals surface area contributed by atoms with E-state index in [1.54, 1.807) is 12.1 Å². The normalized spacial score (nSPS) is 10.7. The van der Waals surface area contributed by atoms with E-state index in [0.717, 1.165) is 11.0 Å². The summed E-state index contributed by atoms with van der Waals surface area (Å²) >= 11 is 0. The molecular formula is C18H19ClN6O2. The van der Waals surface area contributed by atoms with Crippen molar-refractivity contribution in [2.24, 2.45) is 12.8 Å². The Morgan fingerprint density at radius 2 is 2.00 bits per heavy atom. The van der Waals surface area contributed by atoms with Gasteiger partial charge in [-0.1, -0.05) is 12.1 Å². The molecule has 0 atom stereocenters. The molecule has 0 saturated carbocycles. The Hall–Kier alpha value is -3.10. The third-order valence-electron chi connectivity index (χ3n) is 4.09. The number of halogens is 1. The Bertz CT molecular complexity index is 1070. The second-order valence-electron chi connectivity index (χ2n) is 5.85. The lowest BCUT2D eigenvalue weighted by atomic mass is 10.2. The fraction of sp³-hybridized carbons (Fsp3) is 0.167. The Kier molecular flexibility index (Phi) is 5.29. The summed E-state index contributed by atoms with van der Waals surface area (Å²) in [5.41, 5.74) is 9.02. The lowest BCUT2D eigenvalue weighted by Crippen LogP contribution is -2.28. The van der Waals surface area contributed by atoms with E-state index in [4.69, 9.17) is 10.2 Å². The first-order chi connectivity index (χ1) is 12.7. The standard InChI is InChI=1S/C18H18N6O2.ClH/c1-24-14-7-6-11(16(25)20-9-8-19)10-13(14)21-17(24)23-18-22-12-4-2-3-5-15(12)26-18;/h2-7,10H,8-9,19H2,1H3,(H,20,25)(H,21,22,23);1H. The maximum Gasteiger partial charge on any atom is 0.302 e. The molecule has 2 aromatic heterocycles.